The van der Waals surface area contributed by atoms with Gasteiger partial charge >= 0.3 is 5.63 Å². The molecule has 3 aromatic rings. The average molecular weight is 421 g/mol. The van der Waals surface area contributed by atoms with E-state index in [-0.39, 0.29) is 27.8 Å². The zero-order valence-corrected chi connectivity index (χ0v) is 16.0. The number of amides is 2. The van der Waals surface area contributed by atoms with Gasteiger partial charge in [0, 0.05) is 36.6 Å². The van der Waals surface area contributed by atoms with Gasteiger partial charge in [-0.3, -0.25) is 9.59 Å². The quantitative estimate of drug-likeness (QED) is 0.593. The molecule has 9 heteroatoms. The van der Waals surface area contributed by atoms with Gasteiger partial charge in [-0.05, 0) is 30.3 Å². The van der Waals surface area contributed by atoms with Gasteiger partial charge in [-0.15, -0.1) is 0 Å². The Morgan fingerprint density at radius 2 is 1.64 bits per heavy atom. The van der Waals surface area contributed by atoms with Gasteiger partial charge in [0.25, 0.3) is 11.8 Å². The molecule has 144 valence electrons. The van der Waals surface area contributed by atoms with Crippen molar-refractivity contribution in [2.75, 3.05) is 26.2 Å². The van der Waals surface area contributed by atoms with Crippen LogP contribution in [0.5, 0.6) is 0 Å². The minimum atomic E-state index is -0.768. The van der Waals surface area contributed by atoms with Crippen LogP contribution >= 0.6 is 23.2 Å². The van der Waals surface area contributed by atoms with E-state index in [1.54, 1.807) is 23.1 Å². The number of hydrogen-bond acceptors (Lipinski definition) is 5. The van der Waals surface area contributed by atoms with Crippen LogP contribution in [-0.4, -0.2) is 47.8 Å². The predicted molar refractivity (Wildman–Crippen MR) is 103 cm³/mol. The molecule has 1 aliphatic rings. The lowest BCUT2D eigenvalue weighted by Crippen LogP contribution is -2.51. The standard InChI is InChI=1S/C19H14Cl2N2O5/c20-12-8-11-9-13(19(26)28-16(11)14(21)10-12)17(24)22-3-5-23(6-4-22)18(25)15-2-1-7-27-15/h1-2,7-10H,3-6H2. The van der Waals surface area contributed by atoms with Gasteiger partial charge in [0.1, 0.15) is 5.56 Å². The fraction of sp³-hybridized carbons (Fsp3) is 0.211. The van der Waals surface area contributed by atoms with E-state index in [1.165, 1.54) is 23.3 Å². The number of carbonyl (C=O) groups is 2. The minimum absolute atomic E-state index is 0.100. The first-order valence-corrected chi connectivity index (χ1v) is 9.24. The summed E-state index contributed by atoms with van der Waals surface area (Å²) in [5.74, 6) is -0.438. The van der Waals surface area contributed by atoms with E-state index >= 15 is 0 Å². The summed E-state index contributed by atoms with van der Waals surface area (Å²) in [6, 6.07) is 7.70. The highest BCUT2D eigenvalue weighted by molar-refractivity contribution is 6.38. The molecule has 0 spiro atoms. The van der Waals surface area contributed by atoms with Crippen molar-refractivity contribution in [3.8, 4) is 0 Å². The molecule has 28 heavy (non-hydrogen) atoms. The second kappa shape index (κ2) is 7.33. The van der Waals surface area contributed by atoms with Crippen LogP contribution in [0.3, 0.4) is 0 Å². The maximum atomic E-state index is 12.8. The number of halogens is 2. The Labute approximate surface area is 169 Å². The highest BCUT2D eigenvalue weighted by atomic mass is 35.5. The molecule has 0 unspecified atom stereocenters. The highest BCUT2D eigenvalue weighted by Crippen LogP contribution is 2.27. The van der Waals surface area contributed by atoms with Gasteiger partial charge < -0.3 is 18.6 Å². The largest absolute Gasteiger partial charge is 0.459 e. The van der Waals surface area contributed by atoms with Gasteiger partial charge in [-0.2, -0.15) is 0 Å². The van der Waals surface area contributed by atoms with Gasteiger partial charge in [0.15, 0.2) is 11.3 Å². The number of piperazine rings is 1. The highest BCUT2D eigenvalue weighted by Gasteiger charge is 2.28. The van der Waals surface area contributed by atoms with Crippen molar-refractivity contribution in [1.29, 1.82) is 0 Å². The van der Waals surface area contributed by atoms with Gasteiger partial charge in [-0.1, -0.05) is 23.2 Å². The molecule has 2 amide bonds. The lowest BCUT2D eigenvalue weighted by Gasteiger charge is -2.34. The Morgan fingerprint density at radius 3 is 2.29 bits per heavy atom. The third-order valence-electron chi connectivity index (χ3n) is 4.57. The molecule has 1 fully saturated rings. The van der Waals surface area contributed by atoms with E-state index in [4.69, 9.17) is 32.0 Å². The van der Waals surface area contributed by atoms with Crippen molar-refractivity contribution in [2.45, 2.75) is 0 Å². The topological polar surface area (TPSA) is 84.0 Å². The first kappa shape index (κ1) is 18.6. The Kier molecular flexibility index (Phi) is 4.87. The van der Waals surface area contributed by atoms with Crippen molar-refractivity contribution in [2.24, 2.45) is 0 Å². The number of fused-ring (bicyclic) bond motifs is 1. The average Bonchev–Trinajstić information content (AvgIpc) is 3.22. The van der Waals surface area contributed by atoms with Crippen LogP contribution in [-0.2, 0) is 0 Å². The summed E-state index contributed by atoms with van der Waals surface area (Å²) in [7, 11) is 0. The molecular weight excluding hydrogens is 407 g/mol. The molecule has 1 aliphatic heterocycles. The second-order valence-electron chi connectivity index (χ2n) is 6.32. The molecule has 0 N–H and O–H groups in total. The molecule has 1 saturated heterocycles. The van der Waals surface area contributed by atoms with Crippen LogP contribution in [0.15, 0.2) is 50.2 Å². The van der Waals surface area contributed by atoms with Gasteiger partial charge in [-0.25, -0.2) is 4.79 Å². The van der Waals surface area contributed by atoms with E-state index in [0.717, 1.165) is 0 Å². The monoisotopic (exact) mass is 420 g/mol. The molecule has 0 aliphatic carbocycles. The zero-order chi connectivity index (χ0) is 19.8. The van der Waals surface area contributed by atoms with Crippen LogP contribution in [0.2, 0.25) is 10.0 Å². The van der Waals surface area contributed by atoms with Crippen LogP contribution in [0.25, 0.3) is 11.0 Å². The number of nitrogens with zero attached hydrogens (tertiary/aromatic N) is 2. The van der Waals surface area contributed by atoms with Crippen LogP contribution in [0.4, 0.5) is 0 Å². The van der Waals surface area contributed by atoms with Crippen molar-refractivity contribution in [3.63, 3.8) is 0 Å². The normalized spacial score (nSPS) is 14.5. The van der Waals surface area contributed by atoms with Crippen LogP contribution in [0.1, 0.15) is 20.9 Å². The second-order valence-corrected chi connectivity index (χ2v) is 7.16. The van der Waals surface area contributed by atoms with E-state index in [2.05, 4.69) is 0 Å². The maximum Gasteiger partial charge on any atom is 0.349 e. The summed E-state index contributed by atoms with van der Waals surface area (Å²) in [5.41, 5.74) is -0.686. The summed E-state index contributed by atoms with van der Waals surface area (Å²) in [4.78, 5) is 40.5. The summed E-state index contributed by atoms with van der Waals surface area (Å²) in [5, 5.41) is 1.03. The summed E-state index contributed by atoms with van der Waals surface area (Å²) in [6.45, 7) is 1.25. The molecule has 3 heterocycles. The fourth-order valence-corrected chi connectivity index (χ4v) is 3.69. The molecule has 7 nitrogen and oxygen atoms in total. The van der Waals surface area contributed by atoms with Crippen LogP contribution in [0, 0.1) is 0 Å². The number of furan rings is 1. The molecular formula is C19H14Cl2N2O5. The SMILES string of the molecule is O=C(c1ccco1)N1CCN(C(=O)c2cc3cc(Cl)cc(Cl)c3oc2=O)CC1. The summed E-state index contributed by atoms with van der Waals surface area (Å²) < 4.78 is 10.3. The molecule has 1 aromatic carbocycles. The first-order chi connectivity index (χ1) is 13.4. The third-order valence-corrected chi connectivity index (χ3v) is 5.07. The van der Waals surface area contributed by atoms with Crippen molar-refractivity contribution < 1.29 is 18.4 Å². The maximum absolute atomic E-state index is 12.8. The van der Waals surface area contributed by atoms with Crippen molar-refractivity contribution >= 4 is 46.0 Å². The van der Waals surface area contributed by atoms with Crippen molar-refractivity contribution in [3.05, 3.63) is 68.4 Å². The number of rotatable bonds is 2. The molecule has 0 atom stereocenters. The van der Waals surface area contributed by atoms with Crippen molar-refractivity contribution in [1.82, 2.24) is 9.80 Å². The smallest absolute Gasteiger partial charge is 0.349 e. The Balaban J connectivity index is 1.53. The Hall–Kier alpha value is -2.77. The molecule has 0 radical (unpaired) electrons. The van der Waals surface area contributed by atoms with Gasteiger partial charge in [0.05, 0.1) is 11.3 Å². The number of hydrogen-bond donors (Lipinski definition) is 0. The molecule has 0 saturated carbocycles. The molecule has 0 bridgehead atoms. The van der Waals surface area contributed by atoms with Crippen LogP contribution < -0.4 is 5.63 Å². The van der Waals surface area contributed by atoms with E-state index < -0.39 is 11.5 Å². The Bertz CT molecular complexity index is 1120. The summed E-state index contributed by atoms with van der Waals surface area (Å²) in [6.07, 6.45) is 1.44. The van der Waals surface area contributed by atoms with E-state index in [9.17, 15) is 14.4 Å². The van der Waals surface area contributed by atoms with E-state index in [1.807, 2.05) is 0 Å². The minimum Gasteiger partial charge on any atom is -0.459 e. The zero-order valence-electron chi connectivity index (χ0n) is 14.5. The van der Waals surface area contributed by atoms with Gasteiger partial charge in [0.2, 0.25) is 0 Å². The molecule has 2 aromatic heterocycles. The predicted octanol–water partition coefficient (Wildman–Crippen LogP) is 3.29. The number of carbonyl (C=O) groups excluding carboxylic acids is 2. The summed E-state index contributed by atoms with van der Waals surface area (Å²) >= 11 is 12.0. The Morgan fingerprint density at radius 1 is 0.964 bits per heavy atom. The third kappa shape index (κ3) is 3.39. The fourth-order valence-electron chi connectivity index (χ4n) is 3.15. The molecule has 4 rings (SSSR count). The van der Waals surface area contributed by atoms with E-state index in [0.29, 0.717) is 36.6 Å². The lowest BCUT2D eigenvalue weighted by molar-refractivity contribution is 0.0516. The lowest BCUT2D eigenvalue weighted by atomic mass is 10.1. The number of benzene rings is 1. The first-order valence-electron chi connectivity index (χ1n) is 8.49.